The monoisotopic (exact) mass is 256 g/mol. The largest absolute Gasteiger partial charge is 0.392 e. The zero-order valence-corrected chi connectivity index (χ0v) is 11.8. The first-order valence-electron chi connectivity index (χ1n) is 7.95. The standard InChI is InChI=1S/C18H24O/c1-18-10-4-7-15(18)14-9-8-12-5-2-3-6-13(12)17(14)16(19)11-18/h2-3,5-6,14-17,19H,4,7-11H2,1H3/t14-,15-,16?,17+,18-/m0/s1. The van der Waals surface area contributed by atoms with Gasteiger partial charge in [0.25, 0.3) is 0 Å². The van der Waals surface area contributed by atoms with Gasteiger partial charge in [-0.2, -0.15) is 0 Å². The highest BCUT2D eigenvalue weighted by Gasteiger charge is 2.53. The molecule has 0 amide bonds. The number of fused-ring (bicyclic) bond motifs is 5. The molecule has 0 aliphatic heterocycles. The van der Waals surface area contributed by atoms with Crippen molar-refractivity contribution in [1.82, 2.24) is 0 Å². The molecule has 0 radical (unpaired) electrons. The summed E-state index contributed by atoms with van der Waals surface area (Å²) in [5.74, 6) is 2.00. The molecule has 102 valence electrons. The molecule has 1 nitrogen and oxygen atoms in total. The molecule has 0 heterocycles. The van der Waals surface area contributed by atoms with Crippen LogP contribution in [-0.4, -0.2) is 11.2 Å². The summed E-state index contributed by atoms with van der Waals surface area (Å²) in [5.41, 5.74) is 3.37. The molecule has 1 heteroatoms. The molecule has 1 aromatic rings. The minimum absolute atomic E-state index is 0.120. The van der Waals surface area contributed by atoms with Gasteiger partial charge in [-0.05, 0) is 60.5 Å². The van der Waals surface area contributed by atoms with Crippen LogP contribution in [0.3, 0.4) is 0 Å². The van der Waals surface area contributed by atoms with E-state index in [1.165, 1.54) is 43.2 Å². The van der Waals surface area contributed by atoms with E-state index in [1.807, 2.05) is 0 Å². The van der Waals surface area contributed by atoms with E-state index < -0.39 is 0 Å². The lowest BCUT2D eigenvalue weighted by Crippen LogP contribution is -2.46. The molecule has 5 atom stereocenters. The van der Waals surface area contributed by atoms with Crippen molar-refractivity contribution in [3.8, 4) is 0 Å². The second-order valence-corrected chi connectivity index (χ2v) is 7.35. The predicted molar refractivity (Wildman–Crippen MR) is 77.1 cm³/mol. The summed E-state index contributed by atoms with van der Waals surface area (Å²) in [4.78, 5) is 0. The molecule has 1 unspecified atom stereocenters. The third kappa shape index (κ3) is 1.64. The van der Waals surface area contributed by atoms with Gasteiger partial charge in [-0.15, -0.1) is 0 Å². The van der Waals surface area contributed by atoms with Crippen LogP contribution >= 0.6 is 0 Å². The zero-order valence-electron chi connectivity index (χ0n) is 11.8. The first kappa shape index (κ1) is 12.0. The summed E-state index contributed by atoms with van der Waals surface area (Å²) in [5, 5.41) is 10.8. The summed E-state index contributed by atoms with van der Waals surface area (Å²) in [6.45, 7) is 2.44. The normalized spacial score (nSPS) is 44.3. The minimum atomic E-state index is -0.120. The minimum Gasteiger partial charge on any atom is -0.392 e. The van der Waals surface area contributed by atoms with Crippen LogP contribution in [0.5, 0.6) is 0 Å². The zero-order chi connectivity index (χ0) is 13.0. The fourth-order valence-electron chi connectivity index (χ4n) is 5.61. The topological polar surface area (TPSA) is 20.2 Å². The van der Waals surface area contributed by atoms with Crippen LogP contribution in [-0.2, 0) is 6.42 Å². The van der Waals surface area contributed by atoms with Crippen molar-refractivity contribution < 1.29 is 5.11 Å². The van der Waals surface area contributed by atoms with Crippen molar-refractivity contribution in [2.45, 2.75) is 57.5 Å². The average molecular weight is 256 g/mol. The molecule has 3 aliphatic rings. The molecule has 4 rings (SSSR count). The summed E-state index contributed by atoms with van der Waals surface area (Å²) < 4.78 is 0. The third-order valence-corrected chi connectivity index (χ3v) is 6.39. The molecule has 19 heavy (non-hydrogen) atoms. The number of hydrogen-bond acceptors (Lipinski definition) is 1. The Balaban J connectivity index is 1.77. The van der Waals surface area contributed by atoms with Crippen LogP contribution in [0, 0.1) is 17.3 Å². The Labute approximate surface area is 116 Å². The first-order chi connectivity index (χ1) is 9.19. The lowest BCUT2D eigenvalue weighted by molar-refractivity contribution is -0.0371. The highest BCUT2D eigenvalue weighted by atomic mass is 16.3. The van der Waals surface area contributed by atoms with Gasteiger partial charge in [-0.1, -0.05) is 37.6 Å². The van der Waals surface area contributed by atoms with Gasteiger partial charge in [0.15, 0.2) is 0 Å². The Morgan fingerprint density at radius 3 is 2.95 bits per heavy atom. The Morgan fingerprint density at radius 2 is 2.05 bits per heavy atom. The van der Waals surface area contributed by atoms with Crippen LogP contribution in [0.4, 0.5) is 0 Å². The summed E-state index contributed by atoms with van der Waals surface area (Å²) in [6.07, 6.45) is 7.51. The summed E-state index contributed by atoms with van der Waals surface area (Å²) >= 11 is 0. The van der Waals surface area contributed by atoms with Crippen LogP contribution < -0.4 is 0 Å². The number of aryl methyl sites for hydroxylation is 1. The molecule has 0 spiro atoms. The Kier molecular flexibility index (Phi) is 2.57. The maximum atomic E-state index is 10.8. The molecule has 0 bridgehead atoms. The maximum Gasteiger partial charge on any atom is 0.0616 e. The average Bonchev–Trinajstić information content (AvgIpc) is 2.79. The molecule has 1 N–H and O–H groups in total. The second-order valence-electron chi connectivity index (χ2n) is 7.35. The van der Waals surface area contributed by atoms with E-state index >= 15 is 0 Å². The van der Waals surface area contributed by atoms with E-state index in [0.717, 1.165) is 18.3 Å². The fraction of sp³-hybridized carbons (Fsp3) is 0.667. The smallest absolute Gasteiger partial charge is 0.0616 e. The molecular weight excluding hydrogens is 232 g/mol. The van der Waals surface area contributed by atoms with Crippen LogP contribution in [0.15, 0.2) is 24.3 Å². The maximum absolute atomic E-state index is 10.8. The molecular formula is C18H24O. The predicted octanol–water partition coefficient (Wildman–Crippen LogP) is 3.90. The first-order valence-corrected chi connectivity index (χ1v) is 7.95. The van der Waals surface area contributed by atoms with Crippen molar-refractivity contribution in [2.24, 2.45) is 17.3 Å². The van der Waals surface area contributed by atoms with E-state index in [2.05, 4.69) is 31.2 Å². The van der Waals surface area contributed by atoms with Gasteiger partial charge in [0.2, 0.25) is 0 Å². The SMILES string of the molecule is C[C@@]12CCC[C@H]1[C@@H]1CCc3ccccc3[C@H]1C(O)C2. The summed E-state index contributed by atoms with van der Waals surface area (Å²) in [7, 11) is 0. The highest BCUT2D eigenvalue weighted by Crippen LogP contribution is 2.60. The van der Waals surface area contributed by atoms with Crippen LogP contribution in [0.1, 0.15) is 56.1 Å². The molecule has 1 aromatic carbocycles. The van der Waals surface area contributed by atoms with Gasteiger partial charge in [-0.3, -0.25) is 0 Å². The van der Waals surface area contributed by atoms with E-state index in [0.29, 0.717) is 11.3 Å². The van der Waals surface area contributed by atoms with Crippen LogP contribution in [0.2, 0.25) is 0 Å². The molecule has 2 fully saturated rings. The van der Waals surface area contributed by atoms with Crippen molar-refractivity contribution >= 4 is 0 Å². The number of aliphatic hydroxyl groups excluding tert-OH is 1. The number of aliphatic hydroxyl groups is 1. The molecule has 2 saturated carbocycles. The van der Waals surface area contributed by atoms with Gasteiger partial charge in [0, 0.05) is 5.92 Å². The van der Waals surface area contributed by atoms with Crippen molar-refractivity contribution in [3.63, 3.8) is 0 Å². The van der Waals surface area contributed by atoms with Gasteiger partial charge < -0.3 is 5.11 Å². The van der Waals surface area contributed by atoms with E-state index in [1.54, 1.807) is 0 Å². The fourth-order valence-corrected chi connectivity index (χ4v) is 5.61. The second kappa shape index (κ2) is 4.09. The van der Waals surface area contributed by atoms with Gasteiger partial charge in [0.1, 0.15) is 0 Å². The van der Waals surface area contributed by atoms with Crippen molar-refractivity contribution in [3.05, 3.63) is 35.4 Å². The van der Waals surface area contributed by atoms with Crippen molar-refractivity contribution in [2.75, 3.05) is 0 Å². The Bertz CT molecular complexity index is 494. The summed E-state index contributed by atoms with van der Waals surface area (Å²) in [6, 6.07) is 8.83. The highest BCUT2D eigenvalue weighted by molar-refractivity contribution is 5.35. The number of hydrogen-bond donors (Lipinski definition) is 1. The molecule has 0 saturated heterocycles. The Morgan fingerprint density at radius 1 is 1.21 bits per heavy atom. The van der Waals surface area contributed by atoms with Crippen molar-refractivity contribution in [1.29, 1.82) is 0 Å². The molecule has 0 aromatic heterocycles. The quantitative estimate of drug-likeness (QED) is 0.746. The van der Waals surface area contributed by atoms with Gasteiger partial charge >= 0.3 is 0 Å². The van der Waals surface area contributed by atoms with E-state index in [-0.39, 0.29) is 6.10 Å². The third-order valence-electron chi connectivity index (χ3n) is 6.39. The lowest BCUT2D eigenvalue weighted by atomic mass is 9.55. The number of benzene rings is 1. The van der Waals surface area contributed by atoms with Crippen LogP contribution in [0.25, 0.3) is 0 Å². The van der Waals surface area contributed by atoms with E-state index in [4.69, 9.17) is 0 Å². The lowest BCUT2D eigenvalue weighted by Gasteiger charge is -2.51. The van der Waals surface area contributed by atoms with Gasteiger partial charge in [0.05, 0.1) is 6.10 Å². The number of rotatable bonds is 0. The van der Waals surface area contributed by atoms with Gasteiger partial charge in [-0.25, -0.2) is 0 Å². The van der Waals surface area contributed by atoms with E-state index in [9.17, 15) is 5.11 Å². The molecule has 3 aliphatic carbocycles. The Hall–Kier alpha value is -0.820.